The molecule has 0 saturated heterocycles. The van der Waals surface area contributed by atoms with Crippen LogP contribution >= 0.6 is 0 Å². The maximum absolute atomic E-state index is 12.1. The largest absolute Gasteiger partial charge is 0.464 e. The molecule has 0 bridgehead atoms. The van der Waals surface area contributed by atoms with Crippen molar-refractivity contribution in [3.8, 4) is 0 Å². The molecular weight excluding hydrogens is 294 g/mol. The number of carbonyl (C=O) groups is 2. The van der Waals surface area contributed by atoms with Gasteiger partial charge in [0.25, 0.3) is 0 Å². The molecule has 5 nitrogen and oxygen atoms in total. The van der Waals surface area contributed by atoms with Crippen LogP contribution in [-0.4, -0.2) is 31.3 Å². The third-order valence-corrected chi connectivity index (χ3v) is 3.36. The van der Waals surface area contributed by atoms with E-state index in [1.54, 1.807) is 0 Å². The third kappa shape index (κ3) is 12.7. The Balaban J connectivity index is 4.09. The van der Waals surface area contributed by atoms with Crippen LogP contribution in [0.25, 0.3) is 0 Å². The van der Waals surface area contributed by atoms with Crippen LogP contribution in [0, 0.1) is 5.92 Å². The van der Waals surface area contributed by atoms with Gasteiger partial charge in [0.1, 0.15) is 12.6 Å². The Morgan fingerprint density at radius 3 is 2.35 bits per heavy atom. The Kier molecular flexibility index (Phi) is 13.2. The van der Waals surface area contributed by atoms with Gasteiger partial charge >= 0.3 is 12.1 Å². The molecule has 1 unspecified atom stereocenters. The van der Waals surface area contributed by atoms with Crippen LogP contribution in [0.1, 0.15) is 65.7 Å². The summed E-state index contributed by atoms with van der Waals surface area (Å²) in [6.07, 6.45) is 8.21. The van der Waals surface area contributed by atoms with Gasteiger partial charge in [-0.2, -0.15) is 0 Å². The molecule has 0 aliphatic carbocycles. The molecule has 0 radical (unpaired) electrons. The molecule has 0 rings (SSSR count). The molecule has 1 N–H and O–H groups in total. The van der Waals surface area contributed by atoms with Gasteiger partial charge in [0.15, 0.2) is 0 Å². The summed E-state index contributed by atoms with van der Waals surface area (Å²) < 4.78 is 10.1. The number of esters is 1. The zero-order valence-corrected chi connectivity index (χ0v) is 14.9. The van der Waals surface area contributed by atoms with Gasteiger partial charge in [0, 0.05) is 0 Å². The lowest BCUT2D eigenvalue weighted by atomic mass is 10.0. The summed E-state index contributed by atoms with van der Waals surface area (Å²) in [5, 5.41) is 2.57. The summed E-state index contributed by atoms with van der Waals surface area (Å²) >= 11 is 0. The maximum Gasteiger partial charge on any atom is 0.408 e. The van der Waals surface area contributed by atoms with Gasteiger partial charge in [-0.3, -0.25) is 0 Å². The van der Waals surface area contributed by atoms with Crippen LogP contribution in [0.5, 0.6) is 0 Å². The van der Waals surface area contributed by atoms with Crippen LogP contribution in [0.15, 0.2) is 12.7 Å². The zero-order chi connectivity index (χ0) is 17.5. The number of hydrogen-bond donors (Lipinski definition) is 1. The molecular formula is C18H33NO4. The first kappa shape index (κ1) is 21.5. The first-order valence-electron chi connectivity index (χ1n) is 8.72. The molecule has 0 aliphatic heterocycles. The maximum atomic E-state index is 12.1. The van der Waals surface area contributed by atoms with Crippen molar-refractivity contribution in [2.24, 2.45) is 5.92 Å². The van der Waals surface area contributed by atoms with E-state index < -0.39 is 12.1 Å². The van der Waals surface area contributed by atoms with Crippen molar-refractivity contribution in [3.63, 3.8) is 0 Å². The van der Waals surface area contributed by atoms with E-state index in [1.807, 2.05) is 13.8 Å². The quantitative estimate of drug-likeness (QED) is 0.312. The summed E-state index contributed by atoms with van der Waals surface area (Å²) in [6, 6.07) is -0.660. The second kappa shape index (κ2) is 14.1. The van der Waals surface area contributed by atoms with Gasteiger partial charge in [0.05, 0.1) is 6.61 Å². The van der Waals surface area contributed by atoms with Gasteiger partial charge in [-0.15, -0.1) is 0 Å². The third-order valence-electron chi connectivity index (χ3n) is 3.36. The van der Waals surface area contributed by atoms with E-state index in [2.05, 4.69) is 18.8 Å². The number of amides is 1. The Morgan fingerprint density at radius 2 is 1.74 bits per heavy atom. The monoisotopic (exact) mass is 327 g/mol. The summed E-state index contributed by atoms with van der Waals surface area (Å²) in [4.78, 5) is 23.7. The highest BCUT2D eigenvalue weighted by atomic mass is 16.6. The summed E-state index contributed by atoms with van der Waals surface area (Å²) in [7, 11) is 0. The first-order chi connectivity index (χ1) is 11.0. The Bertz CT molecular complexity index is 342. The number of alkyl carbamates (subject to hydrolysis) is 1. The summed E-state index contributed by atoms with van der Waals surface area (Å²) in [5.74, 6) is -0.121. The first-order valence-corrected chi connectivity index (χ1v) is 8.72. The molecule has 5 heteroatoms. The molecule has 0 fully saturated rings. The molecule has 0 saturated carbocycles. The highest BCUT2D eigenvalue weighted by molar-refractivity contribution is 5.81. The van der Waals surface area contributed by atoms with Crippen LogP contribution in [0.3, 0.4) is 0 Å². The standard InChI is InChI=1S/C18H33NO4/c1-5-7-8-9-10-11-13-22-17(20)16(14-15(3)4)19-18(21)23-12-6-2/h6,15-16H,2,5,7-14H2,1,3-4H3,(H,19,21). The molecule has 0 aliphatic rings. The van der Waals surface area contributed by atoms with Crippen molar-refractivity contribution in [2.45, 2.75) is 71.8 Å². The Hall–Kier alpha value is -1.52. The van der Waals surface area contributed by atoms with Crippen LogP contribution in [0.2, 0.25) is 0 Å². The van der Waals surface area contributed by atoms with Gasteiger partial charge in [-0.1, -0.05) is 65.5 Å². The summed E-state index contributed by atoms with van der Waals surface area (Å²) in [6.45, 7) is 10.2. The summed E-state index contributed by atoms with van der Waals surface area (Å²) in [5.41, 5.74) is 0. The Labute approximate surface area is 140 Å². The van der Waals surface area contributed by atoms with E-state index >= 15 is 0 Å². The molecule has 0 aromatic carbocycles. The normalized spacial score (nSPS) is 11.8. The molecule has 1 amide bonds. The van der Waals surface area contributed by atoms with Crippen LogP contribution in [0.4, 0.5) is 4.79 Å². The van der Waals surface area contributed by atoms with Crippen molar-refractivity contribution >= 4 is 12.1 Å². The number of carbonyl (C=O) groups excluding carboxylic acids is 2. The Morgan fingerprint density at radius 1 is 1.09 bits per heavy atom. The van der Waals surface area contributed by atoms with E-state index in [0.717, 1.165) is 12.8 Å². The van der Waals surface area contributed by atoms with Crippen molar-refractivity contribution < 1.29 is 19.1 Å². The van der Waals surface area contributed by atoms with Crippen molar-refractivity contribution in [2.75, 3.05) is 13.2 Å². The number of rotatable bonds is 13. The average Bonchev–Trinajstić information content (AvgIpc) is 2.50. The second-order valence-electron chi connectivity index (χ2n) is 6.15. The minimum absolute atomic E-state index is 0.118. The fourth-order valence-corrected chi connectivity index (χ4v) is 2.16. The van der Waals surface area contributed by atoms with E-state index in [1.165, 1.54) is 31.8 Å². The molecule has 1 atom stereocenters. The van der Waals surface area contributed by atoms with Gasteiger partial charge in [-0.05, 0) is 18.8 Å². The minimum atomic E-state index is -0.660. The van der Waals surface area contributed by atoms with Gasteiger partial charge in [-0.25, -0.2) is 9.59 Å². The molecule has 0 aromatic heterocycles. The lowest BCUT2D eigenvalue weighted by molar-refractivity contribution is -0.146. The van der Waals surface area contributed by atoms with E-state index in [-0.39, 0.29) is 18.5 Å². The van der Waals surface area contributed by atoms with E-state index in [0.29, 0.717) is 13.0 Å². The van der Waals surface area contributed by atoms with Gasteiger partial charge < -0.3 is 14.8 Å². The van der Waals surface area contributed by atoms with Crippen molar-refractivity contribution in [3.05, 3.63) is 12.7 Å². The van der Waals surface area contributed by atoms with Crippen LogP contribution in [-0.2, 0) is 14.3 Å². The predicted octanol–water partition coefficient (Wildman–Crippen LogP) is 4.22. The lowest BCUT2D eigenvalue weighted by Gasteiger charge is -2.19. The lowest BCUT2D eigenvalue weighted by Crippen LogP contribution is -2.43. The fraction of sp³-hybridized carbons (Fsp3) is 0.778. The highest BCUT2D eigenvalue weighted by Crippen LogP contribution is 2.09. The smallest absolute Gasteiger partial charge is 0.408 e. The highest BCUT2D eigenvalue weighted by Gasteiger charge is 2.23. The molecule has 23 heavy (non-hydrogen) atoms. The van der Waals surface area contributed by atoms with Gasteiger partial charge in [0.2, 0.25) is 0 Å². The molecule has 0 aromatic rings. The number of unbranched alkanes of at least 4 members (excludes halogenated alkanes) is 5. The van der Waals surface area contributed by atoms with Crippen molar-refractivity contribution in [1.82, 2.24) is 5.32 Å². The van der Waals surface area contributed by atoms with Crippen molar-refractivity contribution in [1.29, 1.82) is 0 Å². The predicted molar refractivity (Wildman–Crippen MR) is 92.3 cm³/mol. The molecule has 0 heterocycles. The number of hydrogen-bond acceptors (Lipinski definition) is 4. The zero-order valence-electron chi connectivity index (χ0n) is 14.9. The molecule has 134 valence electrons. The fourth-order valence-electron chi connectivity index (χ4n) is 2.16. The second-order valence-corrected chi connectivity index (χ2v) is 6.15. The van der Waals surface area contributed by atoms with E-state index in [9.17, 15) is 9.59 Å². The molecule has 0 spiro atoms. The SMILES string of the molecule is C=CCOC(=O)NC(CC(C)C)C(=O)OCCCCCCCC. The minimum Gasteiger partial charge on any atom is -0.464 e. The van der Waals surface area contributed by atoms with Crippen LogP contribution < -0.4 is 5.32 Å². The average molecular weight is 327 g/mol. The topological polar surface area (TPSA) is 64.6 Å². The van der Waals surface area contributed by atoms with E-state index in [4.69, 9.17) is 9.47 Å². The number of nitrogens with one attached hydrogen (secondary N) is 1. The number of ether oxygens (including phenoxy) is 2.